The van der Waals surface area contributed by atoms with Crippen molar-refractivity contribution in [3.63, 3.8) is 0 Å². The van der Waals surface area contributed by atoms with Crippen LogP contribution < -0.4 is 0 Å². The lowest BCUT2D eigenvalue weighted by Gasteiger charge is -2.08. The van der Waals surface area contributed by atoms with Gasteiger partial charge in [-0.25, -0.2) is 0 Å². The van der Waals surface area contributed by atoms with Crippen molar-refractivity contribution in [2.45, 2.75) is 6.42 Å². The van der Waals surface area contributed by atoms with Crippen LogP contribution in [0.1, 0.15) is 6.42 Å². The summed E-state index contributed by atoms with van der Waals surface area (Å²) >= 11 is 3.11. The van der Waals surface area contributed by atoms with E-state index >= 15 is 0 Å². The summed E-state index contributed by atoms with van der Waals surface area (Å²) in [5.41, 5.74) is 0. The molecule has 0 heterocycles. The van der Waals surface area contributed by atoms with Gasteiger partial charge in [0.05, 0.1) is 26.6 Å². The van der Waals surface area contributed by atoms with Crippen LogP contribution in [0.2, 0.25) is 0 Å². The summed E-state index contributed by atoms with van der Waals surface area (Å²) in [6, 6.07) is 0. The lowest BCUT2D eigenvalue weighted by molar-refractivity contribution is -0.151. The average Bonchev–Trinajstić information content (AvgIpc) is 2.12. The van der Waals surface area contributed by atoms with Gasteiger partial charge in [-0.3, -0.25) is 9.59 Å². The molecule has 0 aromatic carbocycles. The number of halogens is 1. The molecular formula is C7H11BrO4. The fraction of sp³-hybridized carbons (Fsp3) is 0.714. The Labute approximate surface area is 79.3 Å². The minimum atomic E-state index is -0.456. The van der Waals surface area contributed by atoms with Crippen LogP contribution >= 0.6 is 15.9 Å². The molecule has 0 rings (SSSR count). The van der Waals surface area contributed by atoms with E-state index in [0.29, 0.717) is 5.33 Å². The van der Waals surface area contributed by atoms with Gasteiger partial charge in [-0.1, -0.05) is 15.9 Å². The summed E-state index contributed by atoms with van der Waals surface area (Å²) in [7, 11) is 2.57. The van der Waals surface area contributed by atoms with Crippen molar-refractivity contribution in [1.82, 2.24) is 0 Å². The molecule has 0 unspecified atom stereocenters. The van der Waals surface area contributed by atoms with Crippen LogP contribution in [0.25, 0.3) is 0 Å². The van der Waals surface area contributed by atoms with Crippen molar-refractivity contribution >= 4 is 27.9 Å². The molecule has 0 fully saturated rings. The molecule has 4 nitrogen and oxygen atoms in total. The quantitative estimate of drug-likeness (QED) is 0.536. The molecule has 12 heavy (non-hydrogen) atoms. The van der Waals surface area contributed by atoms with Gasteiger partial charge in [-0.15, -0.1) is 0 Å². The van der Waals surface area contributed by atoms with Gasteiger partial charge in [0.25, 0.3) is 0 Å². The first kappa shape index (κ1) is 11.4. The van der Waals surface area contributed by atoms with Crippen molar-refractivity contribution in [1.29, 1.82) is 0 Å². The Morgan fingerprint density at radius 1 is 1.33 bits per heavy atom. The van der Waals surface area contributed by atoms with Crippen LogP contribution in [0.4, 0.5) is 0 Å². The van der Waals surface area contributed by atoms with Crippen LogP contribution in [0.3, 0.4) is 0 Å². The van der Waals surface area contributed by atoms with Gasteiger partial charge in [0.1, 0.15) is 0 Å². The molecule has 0 bridgehead atoms. The average molecular weight is 239 g/mol. The molecule has 1 atom stereocenters. The highest BCUT2D eigenvalue weighted by Crippen LogP contribution is 2.09. The molecule has 0 aliphatic heterocycles. The summed E-state index contributed by atoms with van der Waals surface area (Å²) in [4.78, 5) is 21.7. The van der Waals surface area contributed by atoms with E-state index in [-0.39, 0.29) is 6.42 Å². The fourth-order valence-corrected chi connectivity index (χ4v) is 1.15. The van der Waals surface area contributed by atoms with Crippen LogP contribution in [-0.2, 0) is 19.1 Å². The van der Waals surface area contributed by atoms with Gasteiger partial charge in [0, 0.05) is 5.33 Å². The number of ether oxygens (including phenoxy) is 2. The van der Waals surface area contributed by atoms with E-state index in [2.05, 4.69) is 25.4 Å². The zero-order chi connectivity index (χ0) is 9.56. The second-order valence-electron chi connectivity index (χ2n) is 2.15. The van der Waals surface area contributed by atoms with Gasteiger partial charge in [0.2, 0.25) is 0 Å². The molecule has 5 heteroatoms. The highest BCUT2D eigenvalue weighted by Gasteiger charge is 2.21. The highest BCUT2D eigenvalue weighted by atomic mass is 79.9. The van der Waals surface area contributed by atoms with E-state index in [9.17, 15) is 9.59 Å². The largest absolute Gasteiger partial charge is 0.469 e. The molecule has 70 valence electrons. The van der Waals surface area contributed by atoms with Gasteiger partial charge in [-0.05, 0) is 0 Å². The second kappa shape index (κ2) is 5.99. The van der Waals surface area contributed by atoms with Crippen LogP contribution in [0.15, 0.2) is 0 Å². The third-order valence-corrected chi connectivity index (χ3v) is 2.14. The van der Waals surface area contributed by atoms with Crippen LogP contribution in [-0.4, -0.2) is 31.5 Å². The van der Waals surface area contributed by atoms with E-state index in [1.54, 1.807) is 0 Å². The molecule has 0 aromatic rings. The Morgan fingerprint density at radius 3 is 2.25 bits per heavy atom. The Bertz CT molecular complexity index is 169. The predicted molar refractivity (Wildman–Crippen MR) is 45.9 cm³/mol. The van der Waals surface area contributed by atoms with Crippen LogP contribution in [0.5, 0.6) is 0 Å². The van der Waals surface area contributed by atoms with Gasteiger partial charge in [0.15, 0.2) is 0 Å². The normalized spacial score (nSPS) is 11.9. The molecule has 0 saturated carbocycles. The molecule has 0 aliphatic rings. The Kier molecular flexibility index (Phi) is 5.70. The van der Waals surface area contributed by atoms with Crippen molar-refractivity contribution in [2.75, 3.05) is 19.5 Å². The maximum Gasteiger partial charge on any atom is 0.310 e. The number of esters is 2. The molecule has 0 spiro atoms. The molecule has 0 aliphatic carbocycles. The van der Waals surface area contributed by atoms with Gasteiger partial charge < -0.3 is 9.47 Å². The zero-order valence-corrected chi connectivity index (χ0v) is 8.59. The Balaban J connectivity index is 3.99. The molecule has 0 N–H and O–H groups in total. The van der Waals surface area contributed by atoms with E-state index in [0.717, 1.165) is 0 Å². The summed E-state index contributed by atoms with van der Waals surface area (Å²) < 4.78 is 8.88. The fourth-order valence-electron chi connectivity index (χ4n) is 0.652. The van der Waals surface area contributed by atoms with Crippen molar-refractivity contribution in [2.24, 2.45) is 5.92 Å². The minimum Gasteiger partial charge on any atom is -0.469 e. The number of carbonyl (C=O) groups is 2. The van der Waals surface area contributed by atoms with Gasteiger partial charge in [-0.2, -0.15) is 0 Å². The SMILES string of the molecule is COC(=O)C[C@H](CBr)C(=O)OC. The molecule has 0 aromatic heterocycles. The van der Waals surface area contributed by atoms with Gasteiger partial charge >= 0.3 is 11.9 Å². The minimum absolute atomic E-state index is 0.0500. The van der Waals surface area contributed by atoms with Crippen molar-refractivity contribution < 1.29 is 19.1 Å². The first-order chi connectivity index (χ1) is 5.65. The van der Waals surface area contributed by atoms with E-state index in [1.165, 1.54) is 14.2 Å². The molecule has 0 amide bonds. The first-order valence-corrected chi connectivity index (χ1v) is 4.48. The monoisotopic (exact) mass is 238 g/mol. The zero-order valence-electron chi connectivity index (χ0n) is 7.00. The smallest absolute Gasteiger partial charge is 0.310 e. The number of methoxy groups -OCH3 is 2. The number of hydrogen-bond acceptors (Lipinski definition) is 4. The molecule has 0 radical (unpaired) electrons. The van der Waals surface area contributed by atoms with E-state index < -0.39 is 17.9 Å². The number of carbonyl (C=O) groups excluding carboxylic acids is 2. The lowest BCUT2D eigenvalue weighted by Crippen LogP contribution is -2.21. The molecular weight excluding hydrogens is 228 g/mol. The standard InChI is InChI=1S/C7H11BrO4/c1-11-6(9)3-5(4-8)7(10)12-2/h5H,3-4H2,1-2H3/t5-/m1/s1. The Morgan fingerprint density at radius 2 is 1.92 bits per heavy atom. The van der Waals surface area contributed by atoms with E-state index in [4.69, 9.17) is 0 Å². The third-order valence-electron chi connectivity index (χ3n) is 1.36. The lowest BCUT2D eigenvalue weighted by atomic mass is 10.1. The van der Waals surface area contributed by atoms with Crippen molar-refractivity contribution in [3.8, 4) is 0 Å². The molecule has 0 saturated heterocycles. The maximum atomic E-state index is 10.9. The number of alkyl halides is 1. The second-order valence-corrected chi connectivity index (χ2v) is 2.80. The third kappa shape index (κ3) is 3.71. The maximum absolute atomic E-state index is 10.9. The van der Waals surface area contributed by atoms with Crippen LogP contribution in [0, 0.1) is 5.92 Å². The topological polar surface area (TPSA) is 52.6 Å². The summed E-state index contributed by atoms with van der Waals surface area (Å²) in [5, 5.41) is 0.398. The van der Waals surface area contributed by atoms with E-state index in [1.807, 2.05) is 0 Å². The number of rotatable bonds is 4. The Hall–Kier alpha value is -0.580. The summed E-state index contributed by atoms with van der Waals surface area (Å²) in [6.45, 7) is 0. The highest BCUT2D eigenvalue weighted by molar-refractivity contribution is 9.09. The summed E-state index contributed by atoms with van der Waals surface area (Å²) in [5.74, 6) is -1.27. The summed E-state index contributed by atoms with van der Waals surface area (Å²) in [6.07, 6.45) is 0.0500. The van der Waals surface area contributed by atoms with Crippen molar-refractivity contribution in [3.05, 3.63) is 0 Å². The predicted octanol–water partition coefficient (Wildman–Crippen LogP) is 0.734. The first-order valence-electron chi connectivity index (χ1n) is 3.36. The number of hydrogen-bond donors (Lipinski definition) is 0.